The molecule has 1 heterocycles. The summed E-state index contributed by atoms with van der Waals surface area (Å²) < 4.78 is 28.2. The van der Waals surface area contributed by atoms with Gasteiger partial charge in [-0.2, -0.15) is 0 Å². The lowest BCUT2D eigenvalue weighted by Gasteiger charge is -2.42. The SMILES string of the molecule is COc1ccc(O[C@H]2O[C@H](C)[C@@H](OC(=O)c3ccccc3)[C@H](O)[C@@H]2OC(=O)c2ccccc2)cc1. The van der Waals surface area contributed by atoms with Crippen molar-refractivity contribution in [2.24, 2.45) is 0 Å². The quantitative estimate of drug-likeness (QED) is 0.514. The highest BCUT2D eigenvalue weighted by atomic mass is 16.7. The molecule has 1 aliphatic rings. The number of rotatable bonds is 7. The van der Waals surface area contributed by atoms with Crippen molar-refractivity contribution in [3.63, 3.8) is 0 Å². The third-order valence-corrected chi connectivity index (χ3v) is 5.57. The number of ether oxygens (including phenoxy) is 5. The van der Waals surface area contributed by atoms with Crippen molar-refractivity contribution < 1.29 is 38.4 Å². The molecule has 1 N–H and O–H groups in total. The fourth-order valence-electron chi connectivity index (χ4n) is 3.70. The number of aliphatic hydroxyl groups is 1. The molecular weight excluding hydrogens is 452 g/mol. The van der Waals surface area contributed by atoms with Gasteiger partial charge in [0, 0.05) is 0 Å². The van der Waals surface area contributed by atoms with E-state index in [1.54, 1.807) is 99.0 Å². The Hall–Kier alpha value is -3.88. The standard InChI is InChI=1S/C27H26O8/c1-17-23(34-25(29)18-9-5-3-6-10-18)22(28)24(35-26(30)19-11-7-4-8-12-19)27(32-17)33-21-15-13-20(31-2)14-16-21/h3-17,22-24,27-28H,1-2H3/t17-,22+,23-,24+,27-/m1/s1. The van der Waals surface area contributed by atoms with Gasteiger partial charge < -0.3 is 28.8 Å². The minimum atomic E-state index is -1.41. The number of carbonyl (C=O) groups excluding carboxylic acids is 2. The van der Waals surface area contributed by atoms with Gasteiger partial charge in [0.05, 0.1) is 24.3 Å². The van der Waals surface area contributed by atoms with Crippen molar-refractivity contribution in [1.82, 2.24) is 0 Å². The maximum Gasteiger partial charge on any atom is 0.338 e. The second-order valence-electron chi connectivity index (χ2n) is 7.97. The Morgan fingerprint density at radius 1 is 0.743 bits per heavy atom. The van der Waals surface area contributed by atoms with Crippen LogP contribution in [0, 0.1) is 0 Å². The molecule has 35 heavy (non-hydrogen) atoms. The minimum Gasteiger partial charge on any atom is -0.497 e. The molecule has 1 saturated heterocycles. The van der Waals surface area contributed by atoms with Crippen LogP contribution in [0.3, 0.4) is 0 Å². The van der Waals surface area contributed by atoms with Gasteiger partial charge in [0.25, 0.3) is 0 Å². The lowest BCUT2D eigenvalue weighted by molar-refractivity contribution is -0.266. The van der Waals surface area contributed by atoms with Crippen molar-refractivity contribution >= 4 is 11.9 Å². The van der Waals surface area contributed by atoms with Crippen molar-refractivity contribution in [3.8, 4) is 11.5 Å². The van der Waals surface area contributed by atoms with Crippen LogP contribution in [0.25, 0.3) is 0 Å². The van der Waals surface area contributed by atoms with Gasteiger partial charge in [-0.3, -0.25) is 0 Å². The molecule has 0 saturated carbocycles. The van der Waals surface area contributed by atoms with Crippen LogP contribution in [-0.2, 0) is 14.2 Å². The Kier molecular flexibility index (Phi) is 7.64. The van der Waals surface area contributed by atoms with Gasteiger partial charge in [-0.25, -0.2) is 9.59 Å². The molecular formula is C27H26O8. The van der Waals surface area contributed by atoms with Crippen molar-refractivity contribution in [2.75, 3.05) is 7.11 Å². The molecule has 1 aliphatic heterocycles. The largest absolute Gasteiger partial charge is 0.497 e. The Morgan fingerprint density at radius 2 is 1.23 bits per heavy atom. The lowest BCUT2D eigenvalue weighted by atomic mass is 9.99. The number of methoxy groups -OCH3 is 1. The number of esters is 2. The maximum atomic E-state index is 12.8. The first-order valence-corrected chi connectivity index (χ1v) is 11.1. The van der Waals surface area contributed by atoms with Crippen LogP contribution in [0.15, 0.2) is 84.9 Å². The van der Waals surface area contributed by atoms with Crippen LogP contribution < -0.4 is 9.47 Å². The average molecular weight is 478 g/mol. The molecule has 5 atom stereocenters. The van der Waals surface area contributed by atoms with Crippen molar-refractivity contribution in [2.45, 2.75) is 37.6 Å². The topological polar surface area (TPSA) is 101 Å². The van der Waals surface area contributed by atoms with Gasteiger partial charge in [0.2, 0.25) is 6.29 Å². The highest BCUT2D eigenvalue weighted by Crippen LogP contribution is 2.30. The van der Waals surface area contributed by atoms with Gasteiger partial charge in [-0.15, -0.1) is 0 Å². The smallest absolute Gasteiger partial charge is 0.338 e. The monoisotopic (exact) mass is 478 g/mol. The number of hydrogen-bond donors (Lipinski definition) is 1. The number of carbonyl (C=O) groups is 2. The molecule has 8 heteroatoms. The summed E-state index contributed by atoms with van der Waals surface area (Å²) in [5.74, 6) is -0.261. The molecule has 0 amide bonds. The normalized spacial score (nSPS) is 23.7. The fourth-order valence-corrected chi connectivity index (χ4v) is 3.70. The summed E-state index contributed by atoms with van der Waals surface area (Å²) in [5.41, 5.74) is 0.612. The third kappa shape index (κ3) is 5.79. The first kappa shape index (κ1) is 24.3. The highest BCUT2D eigenvalue weighted by Gasteiger charge is 2.49. The van der Waals surface area contributed by atoms with Crippen LogP contribution in [0.1, 0.15) is 27.6 Å². The first-order valence-electron chi connectivity index (χ1n) is 11.1. The minimum absolute atomic E-state index is 0.291. The van der Waals surface area contributed by atoms with E-state index in [0.717, 1.165) is 0 Å². The first-order chi connectivity index (χ1) is 17.0. The predicted octanol–water partition coefficient (Wildman–Crippen LogP) is 3.63. The van der Waals surface area contributed by atoms with Crippen LogP contribution in [0.4, 0.5) is 0 Å². The highest BCUT2D eigenvalue weighted by molar-refractivity contribution is 5.90. The number of benzene rings is 3. The van der Waals surface area contributed by atoms with E-state index in [2.05, 4.69) is 0 Å². The van der Waals surface area contributed by atoms with Crippen LogP contribution in [-0.4, -0.2) is 54.9 Å². The van der Waals surface area contributed by atoms with Gasteiger partial charge in [0.1, 0.15) is 17.6 Å². The summed E-state index contributed by atoms with van der Waals surface area (Å²) in [5, 5.41) is 11.2. The Balaban J connectivity index is 1.56. The van der Waals surface area contributed by atoms with E-state index < -0.39 is 42.6 Å². The Labute approximate surface area is 203 Å². The van der Waals surface area contributed by atoms with Gasteiger partial charge in [-0.1, -0.05) is 36.4 Å². The van der Waals surface area contributed by atoms with Crippen molar-refractivity contribution in [3.05, 3.63) is 96.1 Å². The van der Waals surface area contributed by atoms with Gasteiger partial charge in [-0.05, 0) is 55.5 Å². The molecule has 182 valence electrons. The molecule has 0 bridgehead atoms. The molecule has 4 rings (SSSR count). The van der Waals surface area contributed by atoms with Gasteiger partial charge >= 0.3 is 11.9 Å². The summed E-state index contributed by atoms with van der Waals surface area (Å²) in [4.78, 5) is 25.5. The van der Waals surface area contributed by atoms with E-state index in [-0.39, 0.29) is 0 Å². The summed E-state index contributed by atoms with van der Waals surface area (Å²) in [6, 6.07) is 23.5. The Bertz CT molecular complexity index is 1120. The molecule has 8 nitrogen and oxygen atoms in total. The van der Waals surface area contributed by atoms with E-state index in [9.17, 15) is 14.7 Å². The van der Waals surface area contributed by atoms with E-state index in [1.807, 2.05) is 0 Å². The predicted molar refractivity (Wildman–Crippen MR) is 125 cm³/mol. The van der Waals surface area contributed by atoms with Gasteiger partial charge in [0.15, 0.2) is 12.2 Å². The summed E-state index contributed by atoms with van der Waals surface area (Å²) >= 11 is 0. The molecule has 0 radical (unpaired) electrons. The zero-order chi connectivity index (χ0) is 24.8. The molecule has 0 unspecified atom stereocenters. The zero-order valence-corrected chi connectivity index (χ0v) is 19.3. The molecule has 0 aromatic heterocycles. The second-order valence-corrected chi connectivity index (χ2v) is 7.97. The molecule has 1 fully saturated rings. The van der Waals surface area contributed by atoms with E-state index in [1.165, 1.54) is 0 Å². The van der Waals surface area contributed by atoms with E-state index in [0.29, 0.717) is 22.6 Å². The molecule has 0 spiro atoms. The number of aliphatic hydroxyl groups excluding tert-OH is 1. The lowest BCUT2D eigenvalue weighted by Crippen LogP contribution is -2.60. The summed E-state index contributed by atoms with van der Waals surface area (Å²) in [7, 11) is 1.55. The average Bonchev–Trinajstić information content (AvgIpc) is 2.90. The molecule has 3 aromatic carbocycles. The van der Waals surface area contributed by atoms with Crippen LogP contribution >= 0.6 is 0 Å². The zero-order valence-electron chi connectivity index (χ0n) is 19.3. The van der Waals surface area contributed by atoms with E-state index >= 15 is 0 Å². The third-order valence-electron chi connectivity index (χ3n) is 5.57. The molecule has 0 aliphatic carbocycles. The summed E-state index contributed by atoms with van der Waals surface area (Å²) in [6.07, 6.45) is -5.72. The number of hydrogen-bond acceptors (Lipinski definition) is 8. The Morgan fingerprint density at radius 3 is 1.74 bits per heavy atom. The maximum absolute atomic E-state index is 12.8. The van der Waals surface area contributed by atoms with Crippen LogP contribution in [0.5, 0.6) is 11.5 Å². The van der Waals surface area contributed by atoms with Crippen molar-refractivity contribution in [1.29, 1.82) is 0 Å². The summed E-state index contributed by atoms with van der Waals surface area (Å²) in [6.45, 7) is 1.64. The second kappa shape index (κ2) is 11.0. The fraction of sp³-hybridized carbons (Fsp3) is 0.259. The molecule has 3 aromatic rings. The van der Waals surface area contributed by atoms with E-state index in [4.69, 9.17) is 23.7 Å². The van der Waals surface area contributed by atoms with Crippen LogP contribution in [0.2, 0.25) is 0 Å².